The molecular formula is C13H14N2O2S. The van der Waals surface area contributed by atoms with Gasteiger partial charge in [-0.15, -0.1) is 0 Å². The van der Waals surface area contributed by atoms with Crippen LogP contribution in [-0.2, 0) is 17.6 Å². The summed E-state index contributed by atoms with van der Waals surface area (Å²) in [5, 5.41) is 0. The number of nitrogen functional groups attached to an aromatic ring is 1. The van der Waals surface area contributed by atoms with Gasteiger partial charge in [-0.1, -0.05) is 30.3 Å². The van der Waals surface area contributed by atoms with E-state index in [1.165, 1.54) is 6.07 Å². The minimum absolute atomic E-state index is 0.301. The molecule has 0 heterocycles. The highest BCUT2D eigenvalue weighted by atomic mass is 32.2. The van der Waals surface area contributed by atoms with Gasteiger partial charge in [0.2, 0.25) is 0 Å². The Balaban J connectivity index is 2.41. The maximum atomic E-state index is 10.9. The Bertz CT molecular complexity index is 582. The summed E-state index contributed by atoms with van der Waals surface area (Å²) in [5.74, 6) is 0. The van der Waals surface area contributed by atoms with E-state index in [9.17, 15) is 4.21 Å². The second kappa shape index (κ2) is 5.30. The highest BCUT2D eigenvalue weighted by Gasteiger charge is 2.06. The molecule has 5 N–H and O–H groups in total. The van der Waals surface area contributed by atoms with Crippen LogP contribution < -0.4 is 11.5 Å². The first-order chi connectivity index (χ1) is 8.61. The Kier molecular flexibility index (Phi) is 3.76. The second-order valence-electron chi connectivity index (χ2n) is 3.90. The molecule has 1 unspecified atom stereocenters. The lowest BCUT2D eigenvalue weighted by Crippen LogP contribution is -1.97. The van der Waals surface area contributed by atoms with Crippen molar-refractivity contribution in [2.45, 2.75) is 11.4 Å². The highest BCUT2D eigenvalue weighted by molar-refractivity contribution is 7.79. The normalized spacial score (nSPS) is 12.3. The minimum atomic E-state index is -2.01. The van der Waals surface area contributed by atoms with E-state index in [0.29, 0.717) is 17.1 Å². The van der Waals surface area contributed by atoms with E-state index in [2.05, 4.69) is 0 Å². The molecular weight excluding hydrogens is 248 g/mol. The molecule has 2 aromatic rings. The number of rotatable bonds is 3. The first kappa shape index (κ1) is 12.8. The third-order valence-electron chi connectivity index (χ3n) is 2.73. The molecule has 0 saturated carbocycles. The zero-order valence-electron chi connectivity index (χ0n) is 9.67. The van der Waals surface area contributed by atoms with Gasteiger partial charge >= 0.3 is 0 Å². The lowest BCUT2D eigenvalue weighted by Gasteiger charge is -2.07. The Hall–Kier alpha value is -1.69. The summed E-state index contributed by atoms with van der Waals surface area (Å²) in [6.07, 6.45) is 0. The average molecular weight is 262 g/mol. The second-order valence-corrected chi connectivity index (χ2v) is 4.87. The maximum absolute atomic E-state index is 10.9. The van der Waals surface area contributed by atoms with Crippen molar-refractivity contribution < 1.29 is 8.76 Å². The number of benzene rings is 2. The Morgan fingerprint density at radius 2 is 1.78 bits per heavy atom. The molecule has 18 heavy (non-hydrogen) atoms. The molecule has 0 spiro atoms. The van der Waals surface area contributed by atoms with Crippen molar-refractivity contribution in [1.29, 1.82) is 0 Å². The topological polar surface area (TPSA) is 89.3 Å². The molecule has 2 aromatic carbocycles. The van der Waals surface area contributed by atoms with Crippen LogP contribution in [0, 0.1) is 0 Å². The molecule has 0 aliphatic carbocycles. The quantitative estimate of drug-likeness (QED) is 0.583. The van der Waals surface area contributed by atoms with Gasteiger partial charge < -0.3 is 16.0 Å². The molecule has 0 radical (unpaired) electrons. The fourth-order valence-electron chi connectivity index (χ4n) is 1.73. The molecule has 4 nitrogen and oxygen atoms in total. The van der Waals surface area contributed by atoms with E-state index in [1.807, 2.05) is 24.3 Å². The third kappa shape index (κ3) is 2.59. The lowest BCUT2D eigenvalue weighted by atomic mass is 10.0. The number of nitrogens with two attached hydrogens (primary N) is 2. The maximum Gasteiger partial charge on any atom is 0.186 e. The highest BCUT2D eigenvalue weighted by Crippen LogP contribution is 2.27. The van der Waals surface area contributed by atoms with Crippen molar-refractivity contribution >= 4 is 16.8 Å². The molecule has 0 bridgehead atoms. The molecule has 5 heteroatoms. The van der Waals surface area contributed by atoms with Gasteiger partial charge in [0.25, 0.3) is 0 Å². The van der Waals surface area contributed by atoms with E-state index in [1.54, 1.807) is 12.1 Å². The summed E-state index contributed by atoms with van der Waals surface area (Å²) in [7, 11) is 0. The van der Waals surface area contributed by atoms with E-state index in [0.717, 1.165) is 16.7 Å². The molecule has 2 rings (SSSR count). The molecule has 1 atom stereocenters. The van der Waals surface area contributed by atoms with E-state index in [4.69, 9.17) is 16.0 Å². The largest absolute Gasteiger partial charge is 0.398 e. The van der Waals surface area contributed by atoms with E-state index in [-0.39, 0.29) is 0 Å². The summed E-state index contributed by atoms with van der Waals surface area (Å²) in [6, 6.07) is 12.6. The van der Waals surface area contributed by atoms with Gasteiger partial charge in [0.05, 0.1) is 4.90 Å². The van der Waals surface area contributed by atoms with Gasteiger partial charge in [0.15, 0.2) is 11.1 Å². The van der Waals surface area contributed by atoms with E-state index >= 15 is 0 Å². The van der Waals surface area contributed by atoms with Crippen LogP contribution in [0.2, 0.25) is 0 Å². The first-order valence-corrected chi connectivity index (χ1v) is 6.52. The van der Waals surface area contributed by atoms with Gasteiger partial charge in [0.1, 0.15) is 0 Å². The molecule has 94 valence electrons. The summed E-state index contributed by atoms with van der Waals surface area (Å²) < 4.78 is 19.9. The van der Waals surface area contributed by atoms with Crippen LogP contribution >= 0.6 is 0 Å². The summed E-state index contributed by atoms with van der Waals surface area (Å²) in [4.78, 5) is 0.301. The lowest BCUT2D eigenvalue weighted by molar-refractivity contribution is 0.564. The van der Waals surface area contributed by atoms with E-state index < -0.39 is 11.1 Å². The van der Waals surface area contributed by atoms with Crippen LogP contribution in [0.25, 0.3) is 11.1 Å². The predicted molar refractivity (Wildman–Crippen MR) is 73.2 cm³/mol. The molecule has 0 saturated heterocycles. The molecule has 0 fully saturated rings. The van der Waals surface area contributed by atoms with Crippen molar-refractivity contribution in [3.63, 3.8) is 0 Å². The fourth-order valence-corrected chi connectivity index (χ4v) is 2.14. The fraction of sp³-hybridized carbons (Fsp3) is 0.0769. The van der Waals surface area contributed by atoms with Crippen LogP contribution in [-0.4, -0.2) is 8.76 Å². The van der Waals surface area contributed by atoms with Crippen LogP contribution in [0.15, 0.2) is 47.4 Å². The smallest absolute Gasteiger partial charge is 0.186 e. The van der Waals surface area contributed by atoms with Crippen molar-refractivity contribution in [2.75, 3.05) is 5.73 Å². The summed E-state index contributed by atoms with van der Waals surface area (Å²) in [5.41, 5.74) is 14.8. The van der Waals surface area contributed by atoms with Crippen LogP contribution in [0.3, 0.4) is 0 Å². The number of hydrogen-bond acceptors (Lipinski definition) is 3. The van der Waals surface area contributed by atoms with Gasteiger partial charge in [-0.2, -0.15) is 0 Å². The van der Waals surface area contributed by atoms with Crippen molar-refractivity contribution in [1.82, 2.24) is 0 Å². The number of anilines is 1. The molecule has 0 aromatic heterocycles. The van der Waals surface area contributed by atoms with Crippen LogP contribution in [0.4, 0.5) is 5.69 Å². The monoisotopic (exact) mass is 262 g/mol. The molecule has 0 aliphatic heterocycles. The Labute approximate surface area is 108 Å². The van der Waals surface area contributed by atoms with Crippen molar-refractivity contribution in [3.8, 4) is 11.1 Å². The third-order valence-corrected chi connectivity index (χ3v) is 3.38. The zero-order chi connectivity index (χ0) is 13.1. The molecule has 0 aliphatic rings. The van der Waals surface area contributed by atoms with Gasteiger partial charge in [-0.3, -0.25) is 0 Å². The van der Waals surface area contributed by atoms with Gasteiger partial charge in [0, 0.05) is 17.8 Å². The molecule has 0 amide bonds. The van der Waals surface area contributed by atoms with Crippen LogP contribution in [0.5, 0.6) is 0 Å². The average Bonchev–Trinajstić information content (AvgIpc) is 2.38. The zero-order valence-corrected chi connectivity index (χ0v) is 10.5. The van der Waals surface area contributed by atoms with Crippen molar-refractivity contribution in [3.05, 3.63) is 48.0 Å². The first-order valence-electron chi connectivity index (χ1n) is 5.41. The predicted octanol–water partition coefficient (Wildman–Crippen LogP) is 1.98. The summed E-state index contributed by atoms with van der Waals surface area (Å²) in [6.45, 7) is 0.498. The standard InChI is InChI=1S/C13H14N2O2S/c14-8-9-1-3-10(4-2-9)12-6-5-11(18(16)17)7-13(12)15/h1-7H,8,14-15H2,(H,16,17). The SMILES string of the molecule is NCc1ccc(-c2ccc(S(=O)O)cc2N)cc1. The van der Waals surface area contributed by atoms with Gasteiger partial charge in [-0.05, 0) is 23.3 Å². The Morgan fingerprint density at radius 3 is 2.28 bits per heavy atom. The minimum Gasteiger partial charge on any atom is -0.398 e. The Morgan fingerprint density at radius 1 is 1.11 bits per heavy atom. The van der Waals surface area contributed by atoms with Crippen molar-refractivity contribution in [2.24, 2.45) is 5.73 Å². The van der Waals surface area contributed by atoms with Crippen LogP contribution in [0.1, 0.15) is 5.56 Å². The summed E-state index contributed by atoms with van der Waals surface area (Å²) >= 11 is -2.01. The van der Waals surface area contributed by atoms with Gasteiger partial charge in [-0.25, -0.2) is 4.21 Å². The number of hydrogen-bond donors (Lipinski definition) is 3.